The van der Waals surface area contributed by atoms with E-state index in [1.807, 2.05) is 31.2 Å². The fraction of sp³-hybridized carbons (Fsp3) is 0.300. The number of anilines is 1. The maximum Gasteiger partial charge on any atom is 0.326 e. The van der Waals surface area contributed by atoms with Gasteiger partial charge in [-0.15, -0.1) is 12.4 Å². The zero-order valence-corrected chi connectivity index (χ0v) is 17.9. The molecule has 0 saturated carbocycles. The summed E-state index contributed by atoms with van der Waals surface area (Å²) in [5.41, 5.74) is 8.83. The highest BCUT2D eigenvalue weighted by molar-refractivity contribution is 6.35. The first-order valence-corrected chi connectivity index (χ1v) is 9.62. The molecule has 2 aromatic rings. The summed E-state index contributed by atoms with van der Waals surface area (Å²) in [7, 11) is 0. The third-order valence-electron chi connectivity index (χ3n) is 4.75. The number of carbonyl (C=O) groups excluding carboxylic acids is 1. The molecule has 1 aliphatic rings. The molecular weight excluding hydrogens is 437 g/mol. The minimum Gasteiger partial charge on any atom is -0.480 e. The van der Waals surface area contributed by atoms with Gasteiger partial charge in [-0.1, -0.05) is 47.5 Å². The van der Waals surface area contributed by atoms with Gasteiger partial charge in [-0.25, -0.2) is 4.79 Å². The van der Waals surface area contributed by atoms with Crippen molar-refractivity contribution in [2.45, 2.75) is 37.9 Å². The molecule has 3 rings (SSSR count). The normalized spacial score (nSPS) is 18.6. The van der Waals surface area contributed by atoms with Gasteiger partial charge in [0.1, 0.15) is 6.04 Å². The SMILES string of the molecule is CC(N)c1ccc(CC(=O)N[C@H]2C[C@H](C(=O)O)Nc3cc(Cl)cc(Cl)c32)cc1.Cl. The summed E-state index contributed by atoms with van der Waals surface area (Å²) in [5, 5.41) is 16.0. The van der Waals surface area contributed by atoms with Crippen LogP contribution in [0.25, 0.3) is 0 Å². The smallest absolute Gasteiger partial charge is 0.326 e. The first kappa shape index (κ1) is 23.3. The average molecular weight is 459 g/mol. The van der Waals surface area contributed by atoms with Crippen LogP contribution in [0, 0.1) is 0 Å². The summed E-state index contributed by atoms with van der Waals surface area (Å²) in [5.74, 6) is -1.23. The number of hydrogen-bond acceptors (Lipinski definition) is 4. The van der Waals surface area contributed by atoms with Crippen LogP contribution in [-0.2, 0) is 16.0 Å². The quantitative estimate of drug-likeness (QED) is 0.540. The number of halogens is 3. The van der Waals surface area contributed by atoms with Crippen molar-refractivity contribution in [3.63, 3.8) is 0 Å². The van der Waals surface area contributed by atoms with Crippen LogP contribution in [0.1, 0.15) is 42.1 Å². The summed E-state index contributed by atoms with van der Waals surface area (Å²) >= 11 is 12.4. The van der Waals surface area contributed by atoms with Gasteiger partial charge in [0.15, 0.2) is 0 Å². The van der Waals surface area contributed by atoms with E-state index in [9.17, 15) is 14.7 Å². The Morgan fingerprint density at radius 3 is 2.52 bits per heavy atom. The number of fused-ring (bicyclic) bond motifs is 1. The van der Waals surface area contributed by atoms with Gasteiger partial charge >= 0.3 is 5.97 Å². The highest BCUT2D eigenvalue weighted by atomic mass is 35.5. The first-order valence-electron chi connectivity index (χ1n) is 8.86. The highest BCUT2D eigenvalue weighted by Gasteiger charge is 2.33. The molecule has 6 nitrogen and oxygen atoms in total. The maximum absolute atomic E-state index is 12.6. The summed E-state index contributed by atoms with van der Waals surface area (Å²) in [4.78, 5) is 24.1. The van der Waals surface area contributed by atoms with Crippen LogP contribution in [0.15, 0.2) is 36.4 Å². The Kier molecular flexibility index (Phi) is 7.77. The van der Waals surface area contributed by atoms with Crippen molar-refractivity contribution in [2.24, 2.45) is 5.73 Å². The number of nitrogens with one attached hydrogen (secondary N) is 2. The second kappa shape index (κ2) is 9.67. The van der Waals surface area contributed by atoms with E-state index in [1.165, 1.54) is 0 Å². The summed E-state index contributed by atoms with van der Waals surface area (Å²) in [6, 6.07) is 9.26. The molecule has 1 unspecified atom stereocenters. The largest absolute Gasteiger partial charge is 0.480 e. The number of carboxylic acid groups (broad SMARTS) is 1. The number of benzene rings is 2. The van der Waals surface area contributed by atoms with Crippen molar-refractivity contribution < 1.29 is 14.7 Å². The molecule has 1 aliphatic heterocycles. The van der Waals surface area contributed by atoms with E-state index in [4.69, 9.17) is 28.9 Å². The fourth-order valence-electron chi connectivity index (χ4n) is 3.32. The number of amides is 1. The second-order valence-electron chi connectivity index (χ2n) is 6.95. The van der Waals surface area contributed by atoms with E-state index in [-0.39, 0.29) is 37.2 Å². The van der Waals surface area contributed by atoms with E-state index >= 15 is 0 Å². The van der Waals surface area contributed by atoms with Gasteiger partial charge in [-0.3, -0.25) is 4.79 Å². The molecule has 0 fully saturated rings. The number of aliphatic carboxylic acids is 1. The van der Waals surface area contributed by atoms with Crippen molar-refractivity contribution in [2.75, 3.05) is 5.32 Å². The van der Waals surface area contributed by atoms with Gasteiger partial charge in [0.2, 0.25) is 5.91 Å². The van der Waals surface area contributed by atoms with Crippen molar-refractivity contribution in [1.29, 1.82) is 0 Å². The van der Waals surface area contributed by atoms with Crippen molar-refractivity contribution >= 4 is 53.2 Å². The predicted octanol–water partition coefficient (Wildman–Crippen LogP) is 4.10. The number of carboxylic acids is 1. The molecule has 0 saturated heterocycles. The third-order valence-corrected chi connectivity index (χ3v) is 5.28. The summed E-state index contributed by atoms with van der Waals surface area (Å²) in [6.07, 6.45) is 0.348. The van der Waals surface area contributed by atoms with Gasteiger partial charge < -0.3 is 21.5 Å². The Hall–Kier alpha value is -1.99. The molecule has 3 atom stereocenters. The highest BCUT2D eigenvalue weighted by Crippen LogP contribution is 2.39. The Labute approximate surface area is 185 Å². The minimum atomic E-state index is -1.01. The van der Waals surface area contributed by atoms with E-state index in [0.717, 1.165) is 11.1 Å². The minimum absolute atomic E-state index is 0. The second-order valence-corrected chi connectivity index (χ2v) is 7.79. The molecule has 1 amide bonds. The van der Waals surface area contributed by atoms with E-state index < -0.39 is 18.1 Å². The third kappa shape index (κ3) is 5.54. The number of rotatable bonds is 5. The van der Waals surface area contributed by atoms with E-state index in [2.05, 4.69) is 10.6 Å². The van der Waals surface area contributed by atoms with Crippen molar-refractivity contribution in [3.05, 3.63) is 63.1 Å². The molecule has 5 N–H and O–H groups in total. The fourth-order valence-corrected chi connectivity index (χ4v) is 3.95. The number of nitrogens with two attached hydrogens (primary N) is 1. The molecular formula is C20H22Cl3N3O3. The standard InChI is InChI=1S/C20H21Cl2N3O3.ClH/c1-10(23)12-4-2-11(3-5-12)6-18(26)25-16-9-17(20(27)28)24-15-8-13(21)7-14(22)19(15)16;/h2-5,7-8,10,16-17,24H,6,9,23H2,1H3,(H,25,26)(H,27,28);1H/t10?,16-,17+;/m0./s1. The Balaban J connectivity index is 0.00000300. The van der Waals surface area contributed by atoms with Crippen molar-refractivity contribution in [1.82, 2.24) is 5.32 Å². The Bertz CT molecular complexity index is 904. The molecule has 1 heterocycles. The van der Waals surface area contributed by atoms with Gasteiger partial charge in [0.25, 0.3) is 0 Å². The van der Waals surface area contributed by atoms with Crippen LogP contribution in [0.4, 0.5) is 5.69 Å². The summed E-state index contributed by atoms with van der Waals surface area (Å²) < 4.78 is 0. The topological polar surface area (TPSA) is 104 Å². The van der Waals surface area contributed by atoms with Crippen LogP contribution in [0.2, 0.25) is 10.0 Å². The zero-order valence-electron chi connectivity index (χ0n) is 15.6. The van der Waals surface area contributed by atoms with Gasteiger partial charge in [-0.2, -0.15) is 0 Å². The molecule has 0 radical (unpaired) electrons. The van der Waals surface area contributed by atoms with Crippen LogP contribution in [0.5, 0.6) is 0 Å². The first-order chi connectivity index (χ1) is 13.2. The monoisotopic (exact) mass is 457 g/mol. The van der Waals surface area contributed by atoms with Crippen LogP contribution in [-0.4, -0.2) is 23.0 Å². The number of hydrogen-bond donors (Lipinski definition) is 4. The van der Waals surface area contributed by atoms with Crippen LogP contribution in [0.3, 0.4) is 0 Å². The Morgan fingerprint density at radius 2 is 1.93 bits per heavy atom. The lowest BCUT2D eigenvalue weighted by molar-refractivity contribution is -0.138. The molecule has 29 heavy (non-hydrogen) atoms. The molecule has 156 valence electrons. The lowest BCUT2D eigenvalue weighted by atomic mass is 9.92. The van der Waals surface area contributed by atoms with Gasteiger partial charge in [0.05, 0.1) is 12.5 Å². The Morgan fingerprint density at radius 1 is 1.28 bits per heavy atom. The summed E-state index contributed by atoms with van der Waals surface area (Å²) in [6.45, 7) is 1.89. The van der Waals surface area contributed by atoms with Crippen LogP contribution >= 0.6 is 35.6 Å². The zero-order chi connectivity index (χ0) is 20.4. The maximum atomic E-state index is 12.6. The average Bonchev–Trinajstić information content (AvgIpc) is 2.61. The molecule has 9 heteroatoms. The molecule has 0 spiro atoms. The van der Waals surface area contributed by atoms with E-state index in [0.29, 0.717) is 21.3 Å². The van der Waals surface area contributed by atoms with Gasteiger partial charge in [-0.05, 0) is 30.2 Å². The molecule has 0 bridgehead atoms. The number of carbonyl (C=O) groups is 2. The lowest BCUT2D eigenvalue weighted by Gasteiger charge is -2.32. The molecule has 2 aromatic carbocycles. The van der Waals surface area contributed by atoms with Crippen molar-refractivity contribution in [3.8, 4) is 0 Å². The van der Waals surface area contributed by atoms with Gasteiger partial charge in [0, 0.05) is 33.8 Å². The molecule has 0 aliphatic carbocycles. The van der Waals surface area contributed by atoms with E-state index in [1.54, 1.807) is 12.1 Å². The lowest BCUT2D eigenvalue weighted by Crippen LogP contribution is -2.41. The predicted molar refractivity (Wildman–Crippen MR) is 117 cm³/mol. The van der Waals surface area contributed by atoms with Crippen LogP contribution < -0.4 is 16.4 Å². The molecule has 0 aromatic heterocycles.